The standard InChI is InChI=1S/C21H26N4O6S/c22-21(29)24-16(26)11-31-17(27)8-7-15-23-19-18(13-5-1-2-6-14(13)32-19)20(28)25(15)10-12-4-3-9-30-12/h12H,1-11H2,(H3,22,24,26,29). The molecule has 1 aliphatic heterocycles. The van der Waals surface area contributed by atoms with Crippen LogP contribution in [0.25, 0.3) is 10.2 Å². The van der Waals surface area contributed by atoms with Crippen molar-refractivity contribution in [2.45, 2.75) is 64.0 Å². The van der Waals surface area contributed by atoms with Crippen LogP contribution in [0.1, 0.15) is 48.4 Å². The van der Waals surface area contributed by atoms with E-state index in [0.29, 0.717) is 24.4 Å². The first-order valence-electron chi connectivity index (χ1n) is 10.8. The number of aromatic nitrogens is 2. The number of ether oxygens (including phenoxy) is 2. The van der Waals surface area contributed by atoms with Crippen molar-refractivity contribution in [1.82, 2.24) is 14.9 Å². The Bertz CT molecular complexity index is 1100. The zero-order valence-corrected chi connectivity index (χ0v) is 18.5. The van der Waals surface area contributed by atoms with Crippen molar-refractivity contribution in [2.24, 2.45) is 5.73 Å². The van der Waals surface area contributed by atoms with Gasteiger partial charge in [0.05, 0.1) is 24.5 Å². The Morgan fingerprint density at radius 1 is 1.25 bits per heavy atom. The highest BCUT2D eigenvalue weighted by Crippen LogP contribution is 2.34. The molecule has 0 radical (unpaired) electrons. The van der Waals surface area contributed by atoms with Gasteiger partial charge in [-0.2, -0.15) is 0 Å². The fourth-order valence-corrected chi connectivity index (χ4v) is 5.53. The number of aryl methyl sites for hydroxylation is 3. The minimum absolute atomic E-state index is 0.0513. The van der Waals surface area contributed by atoms with Gasteiger partial charge < -0.3 is 15.2 Å². The van der Waals surface area contributed by atoms with Gasteiger partial charge in [0, 0.05) is 17.9 Å². The highest BCUT2D eigenvalue weighted by molar-refractivity contribution is 7.18. The van der Waals surface area contributed by atoms with Gasteiger partial charge in [0.2, 0.25) is 0 Å². The average molecular weight is 463 g/mol. The van der Waals surface area contributed by atoms with Gasteiger partial charge in [0.1, 0.15) is 10.7 Å². The highest BCUT2D eigenvalue weighted by atomic mass is 32.1. The van der Waals surface area contributed by atoms with Crippen molar-refractivity contribution in [3.8, 4) is 0 Å². The molecular formula is C21H26N4O6S. The third-order valence-corrected chi connectivity index (χ3v) is 6.93. The SMILES string of the molecule is NC(=O)NC(=O)COC(=O)CCc1nc2sc3c(c2c(=O)n1CC1CCCO1)CCCC3. The van der Waals surface area contributed by atoms with E-state index in [1.807, 2.05) is 5.32 Å². The van der Waals surface area contributed by atoms with Crippen LogP contribution in [0.5, 0.6) is 0 Å². The summed E-state index contributed by atoms with van der Waals surface area (Å²) >= 11 is 1.57. The first kappa shape index (κ1) is 22.4. The molecule has 0 bridgehead atoms. The number of fused-ring (bicyclic) bond motifs is 3. The second-order valence-corrected chi connectivity index (χ2v) is 9.13. The van der Waals surface area contributed by atoms with Crippen LogP contribution in [0.2, 0.25) is 0 Å². The molecule has 1 saturated heterocycles. The van der Waals surface area contributed by atoms with E-state index < -0.39 is 24.5 Å². The van der Waals surface area contributed by atoms with Crippen LogP contribution >= 0.6 is 11.3 Å². The Labute approximate surface area is 188 Å². The fraction of sp³-hybridized carbons (Fsp3) is 0.571. The number of hydrogen-bond donors (Lipinski definition) is 2. The van der Waals surface area contributed by atoms with Crippen molar-refractivity contribution in [2.75, 3.05) is 13.2 Å². The third kappa shape index (κ3) is 4.99. The molecule has 3 heterocycles. The number of nitrogens with one attached hydrogen (secondary N) is 1. The van der Waals surface area contributed by atoms with Gasteiger partial charge in [-0.1, -0.05) is 0 Å². The Morgan fingerprint density at radius 2 is 2.06 bits per heavy atom. The summed E-state index contributed by atoms with van der Waals surface area (Å²) in [6.07, 6.45) is 5.97. The molecule has 3 amide bonds. The van der Waals surface area contributed by atoms with Crippen LogP contribution < -0.4 is 16.6 Å². The number of rotatable bonds is 7. The topological polar surface area (TPSA) is 143 Å². The summed E-state index contributed by atoms with van der Waals surface area (Å²) in [5.41, 5.74) is 5.90. The zero-order chi connectivity index (χ0) is 22.7. The second-order valence-electron chi connectivity index (χ2n) is 8.04. The second kappa shape index (κ2) is 9.78. The van der Waals surface area contributed by atoms with Crippen molar-refractivity contribution in [3.05, 3.63) is 26.6 Å². The van der Waals surface area contributed by atoms with Gasteiger partial charge in [0.25, 0.3) is 11.5 Å². The zero-order valence-electron chi connectivity index (χ0n) is 17.7. The summed E-state index contributed by atoms with van der Waals surface area (Å²) in [6, 6.07) is -1.01. The molecule has 4 rings (SSSR count). The molecule has 2 aromatic heterocycles. The summed E-state index contributed by atoms with van der Waals surface area (Å²) in [5, 5.41) is 2.53. The lowest BCUT2D eigenvalue weighted by molar-refractivity contribution is -0.148. The fourth-order valence-electron chi connectivity index (χ4n) is 4.26. The van der Waals surface area contributed by atoms with E-state index in [2.05, 4.69) is 0 Å². The number of carbonyl (C=O) groups is 3. The van der Waals surface area contributed by atoms with Gasteiger partial charge in [-0.3, -0.25) is 24.3 Å². The quantitative estimate of drug-likeness (QED) is 0.588. The van der Waals surface area contributed by atoms with E-state index >= 15 is 0 Å². The molecule has 0 aromatic carbocycles. The summed E-state index contributed by atoms with van der Waals surface area (Å²) in [4.78, 5) is 54.4. The normalized spacial score (nSPS) is 17.8. The van der Waals surface area contributed by atoms with Gasteiger partial charge in [0.15, 0.2) is 6.61 Å². The number of imide groups is 1. The van der Waals surface area contributed by atoms with Crippen LogP contribution in [0, 0.1) is 0 Å². The molecule has 1 unspecified atom stereocenters. The van der Waals surface area contributed by atoms with Crippen molar-refractivity contribution in [3.63, 3.8) is 0 Å². The molecular weight excluding hydrogens is 436 g/mol. The minimum Gasteiger partial charge on any atom is -0.456 e. The van der Waals surface area contributed by atoms with E-state index in [0.717, 1.165) is 48.9 Å². The van der Waals surface area contributed by atoms with Crippen LogP contribution in [-0.2, 0) is 44.9 Å². The molecule has 3 N–H and O–H groups in total. The molecule has 32 heavy (non-hydrogen) atoms. The summed E-state index contributed by atoms with van der Waals surface area (Å²) in [5.74, 6) is -0.923. The number of nitrogens with zero attached hydrogens (tertiary/aromatic N) is 2. The maximum absolute atomic E-state index is 13.5. The number of carbonyl (C=O) groups excluding carboxylic acids is 3. The number of amides is 3. The van der Waals surface area contributed by atoms with E-state index in [-0.39, 0.29) is 24.5 Å². The average Bonchev–Trinajstić information content (AvgIpc) is 3.39. The number of hydrogen-bond acceptors (Lipinski definition) is 8. The van der Waals surface area contributed by atoms with Gasteiger partial charge in [-0.15, -0.1) is 11.3 Å². The predicted octanol–water partition coefficient (Wildman–Crippen LogP) is 1.19. The maximum atomic E-state index is 13.5. The summed E-state index contributed by atoms with van der Waals surface area (Å²) in [6.45, 7) is 0.477. The summed E-state index contributed by atoms with van der Waals surface area (Å²) in [7, 11) is 0. The van der Waals surface area contributed by atoms with E-state index in [4.69, 9.17) is 20.2 Å². The van der Waals surface area contributed by atoms with Crippen molar-refractivity contribution in [1.29, 1.82) is 0 Å². The van der Waals surface area contributed by atoms with Crippen LogP contribution in [0.15, 0.2) is 4.79 Å². The summed E-state index contributed by atoms with van der Waals surface area (Å²) < 4.78 is 12.3. The van der Waals surface area contributed by atoms with Crippen molar-refractivity contribution >= 4 is 39.5 Å². The van der Waals surface area contributed by atoms with Gasteiger partial charge >= 0.3 is 12.0 Å². The molecule has 1 aliphatic carbocycles. The van der Waals surface area contributed by atoms with E-state index in [1.165, 1.54) is 4.88 Å². The number of primary amides is 1. The Hall–Kier alpha value is -2.79. The van der Waals surface area contributed by atoms with E-state index in [1.54, 1.807) is 15.9 Å². The minimum atomic E-state index is -1.01. The van der Waals surface area contributed by atoms with Crippen LogP contribution in [-0.4, -0.2) is 46.8 Å². The molecule has 0 spiro atoms. The highest BCUT2D eigenvalue weighted by Gasteiger charge is 2.25. The lowest BCUT2D eigenvalue weighted by Gasteiger charge is -2.17. The van der Waals surface area contributed by atoms with Crippen LogP contribution in [0.4, 0.5) is 4.79 Å². The monoisotopic (exact) mass is 462 g/mol. The smallest absolute Gasteiger partial charge is 0.318 e. The van der Waals surface area contributed by atoms with Gasteiger partial charge in [-0.25, -0.2) is 9.78 Å². The maximum Gasteiger partial charge on any atom is 0.318 e. The van der Waals surface area contributed by atoms with Crippen LogP contribution in [0.3, 0.4) is 0 Å². The molecule has 2 aromatic rings. The number of nitrogens with two attached hydrogens (primary N) is 1. The predicted molar refractivity (Wildman–Crippen MR) is 117 cm³/mol. The molecule has 11 heteroatoms. The first-order valence-corrected chi connectivity index (χ1v) is 11.6. The number of esters is 1. The van der Waals surface area contributed by atoms with E-state index in [9.17, 15) is 19.2 Å². The number of thiophene rings is 1. The molecule has 2 aliphatic rings. The largest absolute Gasteiger partial charge is 0.456 e. The van der Waals surface area contributed by atoms with Crippen molar-refractivity contribution < 1.29 is 23.9 Å². The third-order valence-electron chi connectivity index (χ3n) is 5.74. The molecule has 172 valence electrons. The molecule has 1 fully saturated rings. The van der Waals surface area contributed by atoms with Gasteiger partial charge in [-0.05, 0) is 44.1 Å². The Morgan fingerprint density at radius 3 is 2.81 bits per heavy atom. The Kier molecular flexibility index (Phi) is 6.85. The Balaban J connectivity index is 1.55. The molecule has 0 saturated carbocycles. The first-order chi connectivity index (χ1) is 15.4. The molecule has 10 nitrogen and oxygen atoms in total. The lowest BCUT2D eigenvalue weighted by atomic mass is 9.97. The molecule has 1 atom stereocenters. The number of urea groups is 1. The lowest BCUT2D eigenvalue weighted by Crippen LogP contribution is -2.37.